The smallest absolute Gasteiger partial charge is 0.265 e. The third-order valence-corrected chi connectivity index (χ3v) is 6.41. The highest BCUT2D eigenvalue weighted by atomic mass is 35.5. The SMILES string of the molecule is Cc1nn(C)cc1S(=O)(=O)Nc1c(C)nn(Cc2c(Cl)cccc2Cl)c1C. The molecule has 27 heavy (non-hydrogen) atoms. The Balaban J connectivity index is 1.96. The van der Waals surface area contributed by atoms with Crippen LogP contribution in [0.2, 0.25) is 10.0 Å². The number of aryl methyl sites for hydroxylation is 3. The van der Waals surface area contributed by atoms with Gasteiger partial charge in [-0.3, -0.25) is 14.1 Å². The van der Waals surface area contributed by atoms with Crippen molar-refractivity contribution in [1.29, 1.82) is 0 Å². The van der Waals surface area contributed by atoms with Gasteiger partial charge in [-0.25, -0.2) is 8.42 Å². The van der Waals surface area contributed by atoms with Crippen molar-refractivity contribution >= 4 is 38.9 Å². The van der Waals surface area contributed by atoms with Gasteiger partial charge in [0.2, 0.25) is 0 Å². The minimum atomic E-state index is -3.78. The van der Waals surface area contributed by atoms with E-state index in [9.17, 15) is 8.42 Å². The van der Waals surface area contributed by atoms with E-state index in [4.69, 9.17) is 23.2 Å². The molecule has 3 aromatic rings. The molecule has 0 saturated carbocycles. The van der Waals surface area contributed by atoms with Gasteiger partial charge in [0, 0.05) is 28.9 Å². The van der Waals surface area contributed by atoms with E-state index in [2.05, 4.69) is 14.9 Å². The second-order valence-electron chi connectivity index (χ2n) is 6.26. The molecule has 2 heterocycles. The molecule has 0 unspecified atom stereocenters. The average molecular weight is 428 g/mol. The average Bonchev–Trinajstić information content (AvgIpc) is 3.05. The summed E-state index contributed by atoms with van der Waals surface area (Å²) in [5.74, 6) is 0. The second-order valence-corrected chi connectivity index (χ2v) is 8.73. The van der Waals surface area contributed by atoms with Crippen LogP contribution in [0.3, 0.4) is 0 Å². The summed E-state index contributed by atoms with van der Waals surface area (Å²) >= 11 is 12.5. The molecule has 0 amide bonds. The molecule has 0 aliphatic carbocycles. The molecule has 2 aromatic heterocycles. The molecular formula is C17H19Cl2N5O2S. The van der Waals surface area contributed by atoms with Crippen LogP contribution in [-0.2, 0) is 23.6 Å². The number of halogens is 2. The fraction of sp³-hybridized carbons (Fsp3) is 0.294. The number of rotatable bonds is 5. The van der Waals surface area contributed by atoms with Crippen LogP contribution in [0.25, 0.3) is 0 Å². The van der Waals surface area contributed by atoms with Crippen molar-refractivity contribution < 1.29 is 8.42 Å². The molecule has 0 aliphatic rings. The second kappa shape index (κ2) is 7.18. The van der Waals surface area contributed by atoms with Gasteiger partial charge in [0.1, 0.15) is 4.90 Å². The van der Waals surface area contributed by atoms with E-state index in [0.29, 0.717) is 39.4 Å². The van der Waals surface area contributed by atoms with Crippen molar-refractivity contribution in [3.63, 3.8) is 0 Å². The van der Waals surface area contributed by atoms with Gasteiger partial charge in [-0.2, -0.15) is 10.2 Å². The summed E-state index contributed by atoms with van der Waals surface area (Å²) in [5.41, 5.74) is 2.80. The zero-order valence-electron chi connectivity index (χ0n) is 15.3. The quantitative estimate of drug-likeness (QED) is 0.672. The highest BCUT2D eigenvalue weighted by molar-refractivity contribution is 7.92. The lowest BCUT2D eigenvalue weighted by atomic mass is 10.2. The molecule has 1 N–H and O–H groups in total. The lowest BCUT2D eigenvalue weighted by molar-refractivity contribution is 0.600. The zero-order chi connectivity index (χ0) is 19.9. The molecule has 0 bridgehead atoms. The van der Waals surface area contributed by atoms with Crippen molar-refractivity contribution in [1.82, 2.24) is 19.6 Å². The van der Waals surface area contributed by atoms with Crippen LogP contribution >= 0.6 is 23.2 Å². The minimum Gasteiger partial charge on any atom is -0.276 e. The normalized spacial score (nSPS) is 11.8. The number of anilines is 1. The number of aromatic nitrogens is 4. The highest BCUT2D eigenvalue weighted by Gasteiger charge is 2.24. The number of benzene rings is 1. The first-order valence-corrected chi connectivity index (χ1v) is 10.3. The number of hydrogen-bond donors (Lipinski definition) is 1. The molecule has 0 fully saturated rings. The summed E-state index contributed by atoms with van der Waals surface area (Å²) in [7, 11) is -2.11. The van der Waals surface area contributed by atoms with Crippen molar-refractivity contribution in [3.8, 4) is 0 Å². The lowest BCUT2D eigenvalue weighted by Crippen LogP contribution is -2.15. The molecule has 0 spiro atoms. The predicted octanol–water partition coefficient (Wildman–Crippen LogP) is 3.70. The van der Waals surface area contributed by atoms with Gasteiger partial charge >= 0.3 is 0 Å². The first kappa shape index (κ1) is 19.7. The van der Waals surface area contributed by atoms with E-state index in [0.717, 1.165) is 5.56 Å². The van der Waals surface area contributed by atoms with Crippen LogP contribution < -0.4 is 4.72 Å². The topological polar surface area (TPSA) is 81.8 Å². The van der Waals surface area contributed by atoms with E-state index in [1.54, 1.807) is 50.7 Å². The maximum absolute atomic E-state index is 12.8. The van der Waals surface area contributed by atoms with E-state index in [1.165, 1.54) is 10.9 Å². The largest absolute Gasteiger partial charge is 0.276 e. The van der Waals surface area contributed by atoms with Crippen molar-refractivity contribution in [3.05, 3.63) is 57.1 Å². The molecular weight excluding hydrogens is 409 g/mol. The molecule has 0 saturated heterocycles. The number of hydrogen-bond acceptors (Lipinski definition) is 4. The van der Waals surface area contributed by atoms with Crippen molar-refractivity contribution in [2.45, 2.75) is 32.2 Å². The van der Waals surface area contributed by atoms with E-state index in [-0.39, 0.29) is 4.90 Å². The molecule has 0 atom stereocenters. The Labute approximate surface area is 168 Å². The standard InChI is InChI=1S/C17H19Cl2N5O2S/c1-10-16(9-23(4)20-10)27(25,26)22-17-11(2)21-24(12(17)3)8-13-14(18)6-5-7-15(13)19/h5-7,9,22H,8H2,1-4H3. The highest BCUT2D eigenvalue weighted by Crippen LogP contribution is 2.28. The lowest BCUT2D eigenvalue weighted by Gasteiger charge is -2.10. The van der Waals surface area contributed by atoms with Crippen LogP contribution in [0.1, 0.15) is 22.6 Å². The summed E-state index contributed by atoms with van der Waals surface area (Å²) in [6.45, 7) is 5.51. The summed E-state index contributed by atoms with van der Waals surface area (Å²) < 4.78 is 31.3. The van der Waals surface area contributed by atoms with Gasteiger partial charge in [-0.15, -0.1) is 0 Å². The Morgan fingerprint density at radius 1 is 1.07 bits per heavy atom. The number of nitrogens with zero attached hydrogens (tertiary/aromatic N) is 4. The van der Waals surface area contributed by atoms with E-state index >= 15 is 0 Å². The van der Waals surface area contributed by atoms with Crippen LogP contribution in [-0.4, -0.2) is 28.0 Å². The molecule has 3 rings (SSSR count). The third kappa shape index (κ3) is 3.83. The van der Waals surface area contributed by atoms with Crippen LogP contribution in [0, 0.1) is 20.8 Å². The van der Waals surface area contributed by atoms with Crippen molar-refractivity contribution in [2.75, 3.05) is 4.72 Å². The molecule has 0 radical (unpaired) electrons. The molecule has 7 nitrogen and oxygen atoms in total. The van der Waals surface area contributed by atoms with Crippen LogP contribution in [0.5, 0.6) is 0 Å². The number of nitrogens with one attached hydrogen (secondary N) is 1. The fourth-order valence-corrected chi connectivity index (χ4v) is 4.77. The summed E-state index contributed by atoms with van der Waals surface area (Å²) in [5, 5.41) is 9.60. The molecule has 1 aromatic carbocycles. The Hall–Kier alpha value is -2.03. The predicted molar refractivity (Wildman–Crippen MR) is 106 cm³/mol. The van der Waals surface area contributed by atoms with Gasteiger partial charge in [0.15, 0.2) is 0 Å². The molecule has 144 valence electrons. The third-order valence-electron chi connectivity index (χ3n) is 4.25. The Morgan fingerprint density at radius 2 is 1.70 bits per heavy atom. The first-order chi connectivity index (χ1) is 12.6. The van der Waals surface area contributed by atoms with Gasteiger partial charge in [-0.1, -0.05) is 29.3 Å². The summed E-state index contributed by atoms with van der Waals surface area (Å²) in [6.07, 6.45) is 1.47. The summed E-state index contributed by atoms with van der Waals surface area (Å²) in [4.78, 5) is 0.130. The van der Waals surface area contributed by atoms with Crippen LogP contribution in [0.4, 0.5) is 5.69 Å². The first-order valence-electron chi connectivity index (χ1n) is 8.10. The minimum absolute atomic E-state index is 0.130. The van der Waals surface area contributed by atoms with Gasteiger partial charge < -0.3 is 0 Å². The van der Waals surface area contributed by atoms with E-state index < -0.39 is 10.0 Å². The van der Waals surface area contributed by atoms with Crippen molar-refractivity contribution in [2.24, 2.45) is 7.05 Å². The Morgan fingerprint density at radius 3 is 2.26 bits per heavy atom. The fourth-order valence-electron chi connectivity index (χ4n) is 2.86. The maximum Gasteiger partial charge on any atom is 0.265 e. The van der Waals surface area contributed by atoms with Gasteiger partial charge in [0.25, 0.3) is 10.0 Å². The van der Waals surface area contributed by atoms with E-state index in [1.807, 2.05) is 0 Å². The zero-order valence-corrected chi connectivity index (χ0v) is 17.6. The summed E-state index contributed by atoms with van der Waals surface area (Å²) in [6, 6.07) is 5.28. The Bertz CT molecular complexity index is 1100. The Kier molecular flexibility index (Phi) is 5.24. The van der Waals surface area contributed by atoms with Gasteiger partial charge in [-0.05, 0) is 32.9 Å². The molecule has 10 heteroatoms. The maximum atomic E-state index is 12.8. The number of sulfonamides is 1. The van der Waals surface area contributed by atoms with Gasteiger partial charge in [0.05, 0.1) is 29.3 Å². The van der Waals surface area contributed by atoms with Crippen LogP contribution in [0.15, 0.2) is 29.3 Å². The molecule has 0 aliphatic heterocycles. The monoisotopic (exact) mass is 427 g/mol.